The number of nitrogens with zero attached hydrogens (tertiary/aromatic N) is 4. The fraction of sp³-hybridized carbons (Fsp3) is 0.471. The first kappa shape index (κ1) is 19.2. The number of aromatic nitrogens is 3. The molecule has 1 amide bonds. The lowest BCUT2D eigenvalue weighted by Gasteiger charge is -2.25. The zero-order valence-corrected chi connectivity index (χ0v) is 16.0. The summed E-state index contributed by atoms with van der Waals surface area (Å²) in [6.45, 7) is 7.90. The van der Waals surface area contributed by atoms with Crippen LogP contribution in [0.4, 0.5) is 4.39 Å². The largest absolute Gasteiger partial charge is 0.338 e. The second-order valence-corrected chi connectivity index (χ2v) is 7.89. The Labute approximate surface area is 151 Å². The van der Waals surface area contributed by atoms with Gasteiger partial charge in [0.1, 0.15) is 5.82 Å². The number of hydrogen-bond acceptors (Lipinski definition) is 5. The molecule has 0 saturated carbocycles. The van der Waals surface area contributed by atoms with Crippen molar-refractivity contribution in [3.8, 4) is 0 Å². The first-order valence-electron chi connectivity index (χ1n) is 7.96. The van der Waals surface area contributed by atoms with E-state index in [1.807, 2.05) is 27.7 Å². The normalized spacial score (nSPS) is 12.9. The highest BCUT2D eigenvalue weighted by Gasteiger charge is 2.24. The quantitative estimate of drug-likeness (QED) is 0.651. The fourth-order valence-corrected chi connectivity index (χ4v) is 3.08. The molecule has 2 aromatic rings. The topological polar surface area (TPSA) is 77.0 Å². The van der Waals surface area contributed by atoms with E-state index in [2.05, 4.69) is 10.2 Å². The molecule has 2 rings (SSSR count). The third kappa shape index (κ3) is 4.50. The fourth-order valence-electron chi connectivity index (χ4n) is 2.30. The number of hydrogen-bond donors (Lipinski definition) is 1. The van der Waals surface area contributed by atoms with Crippen LogP contribution in [0.5, 0.6) is 0 Å². The summed E-state index contributed by atoms with van der Waals surface area (Å²) in [5.41, 5.74) is 0.651. The van der Waals surface area contributed by atoms with Crippen molar-refractivity contribution in [1.29, 1.82) is 0 Å². The number of thioether (sulfide) groups is 1. The Kier molecular flexibility index (Phi) is 5.72. The minimum absolute atomic E-state index is 0.0675. The molecule has 1 aromatic carbocycles. The number of rotatable bonds is 5. The van der Waals surface area contributed by atoms with Crippen molar-refractivity contribution in [2.24, 2.45) is 0 Å². The number of amides is 1. The van der Waals surface area contributed by atoms with Gasteiger partial charge in [-0.25, -0.2) is 9.07 Å². The van der Waals surface area contributed by atoms with Crippen LogP contribution < -0.4 is 5.84 Å². The number of halogens is 1. The van der Waals surface area contributed by atoms with E-state index in [9.17, 15) is 9.18 Å². The monoisotopic (exact) mass is 365 g/mol. The number of benzene rings is 1. The van der Waals surface area contributed by atoms with Gasteiger partial charge in [-0.2, -0.15) is 0 Å². The molecule has 1 atom stereocenters. The zero-order valence-electron chi connectivity index (χ0n) is 15.2. The van der Waals surface area contributed by atoms with Crippen molar-refractivity contribution in [1.82, 2.24) is 19.8 Å². The van der Waals surface area contributed by atoms with Gasteiger partial charge in [0.15, 0.2) is 5.82 Å². The van der Waals surface area contributed by atoms with E-state index in [-0.39, 0.29) is 28.9 Å². The molecule has 0 spiro atoms. The van der Waals surface area contributed by atoms with Crippen LogP contribution in [0.25, 0.3) is 0 Å². The summed E-state index contributed by atoms with van der Waals surface area (Å²) in [5, 5.41) is 8.67. The third-order valence-electron chi connectivity index (χ3n) is 3.99. The van der Waals surface area contributed by atoms with Crippen LogP contribution in [0.2, 0.25) is 0 Å². The van der Waals surface area contributed by atoms with Crippen molar-refractivity contribution in [3.63, 3.8) is 0 Å². The summed E-state index contributed by atoms with van der Waals surface area (Å²) in [6, 6.07) is 5.99. The first-order valence-corrected chi connectivity index (χ1v) is 8.94. The Morgan fingerprint density at radius 3 is 2.44 bits per heavy atom. The standard InChI is InChI=1S/C17H24FN5OS/c1-11(12-6-8-13(18)9-7-12)22(5)14(24)10-25-16-21-20-15(23(16)19)17(2,3)4/h6-9,11H,10,19H2,1-5H3. The number of nitrogen functional groups attached to an aromatic ring is 1. The predicted octanol–water partition coefficient (Wildman–Crippen LogP) is 2.74. The molecule has 1 aromatic heterocycles. The Morgan fingerprint density at radius 2 is 1.92 bits per heavy atom. The molecule has 136 valence electrons. The maximum Gasteiger partial charge on any atom is 0.233 e. The van der Waals surface area contributed by atoms with Crippen LogP contribution in [-0.2, 0) is 10.2 Å². The highest BCUT2D eigenvalue weighted by atomic mass is 32.2. The predicted molar refractivity (Wildman–Crippen MR) is 97.2 cm³/mol. The van der Waals surface area contributed by atoms with Gasteiger partial charge in [0, 0.05) is 12.5 Å². The van der Waals surface area contributed by atoms with E-state index < -0.39 is 0 Å². The molecule has 0 bridgehead atoms. The summed E-state index contributed by atoms with van der Waals surface area (Å²) >= 11 is 1.25. The van der Waals surface area contributed by atoms with E-state index in [1.54, 1.807) is 24.1 Å². The Morgan fingerprint density at radius 1 is 1.32 bits per heavy atom. The molecule has 0 saturated heterocycles. The molecule has 0 aliphatic rings. The van der Waals surface area contributed by atoms with Crippen molar-refractivity contribution < 1.29 is 9.18 Å². The molecule has 1 heterocycles. The minimum Gasteiger partial charge on any atom is -0.338 e. The van der Waals surface area contributed by atoms with E-state index in [0.717, 1.165) is 5.56 Å². The second kappa shape index (κ2) is 7.43. The van der Waals surface area contributed by atoms with Gasteiger partial charge in [-0.15, -0.1) is 10.2 Å². The van der Waals surface area contributed by atoms with Gasteiger partial charge in [-0.3, -0.25) is 4.79 Å². The van der Waals surface area contributed by atoms with Gasteiger partial charge in [-0.05, 0) is 24.6 Å². The Bertz CT molecular complexity index is 738. The van der Waals surface area contributed by atoms with E-state index in [4.69, 9.17) is 5.84 Å². The number of carbonyl (C=O) groups is 1. The summed E-state index contributed by atoms with van der Waals surface area (Å²) in [6.07, 6.45) is 0. The molecule has 1 unspecified atom stereocenters. The molecule has 0 radical (unpaired) electrons. The molecular weight excluding hydrogens is 341 g/mol. The Balaban J connectivity index is 2.00. The van der Waals surface area contributed by atoms with Crippen molar-refractivity contribution in [2.75, 3.05) is 18.6 Å². The van der Waals surface area contributed by atoms with Crippen LogP contribution in [0.15, 0.2) is 29.4 Å². The average molecular weight is 365 g/mol. The number of nitrogens with two attached hydrogens (primary N) is 1. The summed E-state index contributed by atoms with van der Waals surface area (Å²) in [5.74, 6) is 6.52. The zero-order chi connectivity index (χ0) is 18.8. The molecule has 0 aliphatic carbocycles. The smallest absolute Gasteiger partial charge is 0.233 e. The molecule has 8 heteroatoms. The van der Waals surface area contributed by atoms with Crippen molar-refractivity contribution in [2.45, 2.75) is 44.3 Å². The van der Waals surface area contributed by atoms with Crippen molar-refractivity contribution >= 4 is 17.7 Å². The summed E-state index contributed by atoms with van der Waals surface area (Å²) in [4.78, 5) is 14.1. The highest BCUT2D eigenvalue weighted by molar-refractivity contribution is 7.99. The van der Waals surface area contributed by atoms with Gasteiger partial charge < -0.3 is 10.7 Å². The summed E-state index contributed by atoms with van der Waals surface area (Å²) < 4.78 is 14.5. The molecular formula is C17H24FN5OS. The summed E-state index contributed by atoms with van der Waals surface area (Å²) in [7, 11) is 1.73. The maximum absolute atomic E-state index is 13.0. The van der Waals surface area contributed by atoms with Gasteiger partial charge >= 0.3 is 0 Å². The van der Waals surface area contributed by atoms with Crippen molar-refractivity contribution in [3.05, 3.63) is 41.5 Å². The SMILES string of the molecule is CC(c1ccc(F)cc1)N(C)C(=O)CSc1nnc(C(C)(C)C)n1N. The van der Waals surface area contributed by atoms with Gasteiger partial charge in [0.2, 0.25) is 11.1 Å². The molecule has 0 fully saturated rings. The van der Waals surface area contributed by atoms with Crippen LogP contribution >= 0.6 is 11.8 Å². The third-order valence-corrected chi connectivity index (χ3v) is 4.91. The van der Waals surface area contributed by atoms with E-state index in [1.165, 1.54) is 28.6 Å². The molecule has 2 N–H and O–H groups in total. The van der Waals surface area contributed by atoms with E-state index in [0.29, 0.717) is 11.0 Å². The van der Waals surface area contributed by atoms with Crippen LogP contribution in [0, 0.1) is 5.82 Å². The second-order valence-electron chi connectivity index (χ2n) is 6.95. The lowest BCUT2D eigenvalue weighted by molar-refractivity contribution is -0.128. The maximum atomic E-state index is 13.0. The lowest BCUT2D eigenvalue weighted by Crippen LogP contribution is -2.31. The minimum atomic E-state index is -0.294. The number of carbonyl (C=O) groups excluding carboxylic acids is 1. The highest BCUT2D eigenvalue weighted by Crippen LogP contribution is 2.24. The van der Waals surface area contributed by atoms with Gasteiger partial charge in [0.05, 0.1) is 11.8 Å². The molecule has 25 heavy (non-hydrogen) atoms. The average Bonchev–Trinajstić information content (AvgIpc) is 2.93. The van der Waals surface area contributed by atoms with Gasteiger partial charge in [-0.1, -0.05) is 44.7 Å². The van der Waals surface area contributed by atoms with Crippen LogP contribution in [0.1, 0.15) is 45.1 Å². The van der Waals surface area contributed by atoms with Crippen LogP contribution in [-0.4, -0.2) is 38.5 Å². The van der Waals surface area contributed by atoms with E-state index >= 15 is 0 Å². The van der Waals surface area contributed by atoms with Gasteiger partial charge in [0.25, 0.3) is 0 Å². The van der Waals surface area contributed by atoms with Crippen LogP contribution in [0.3, 0.4) is 0 Å². The molecule has 0 aliphatic heterocycles. The lowest BCUT2D eigenvalue weighted by atomic mass is 9.96. The Hall–Kier alpha value is -2.09. The molecule has 6 nitrogen and oxygen atoms in total. The first-order chi connectivity index (χ1) is 11.6.